The molecule has 0 heterocycles. The normalized spacial score (nSPS) is 10.9. The van der Waals surface area contributed by atoms with Crippen LogP contribution in [0.3, 0.4) is 0 Å². The fraction of sp³-hybridized carbons (Fsp3) is 0.952. The number of rotatable bonds is 20. The van der Waals surface area contributed by atoms with Crippen LogP contribution in [0.15, 0.2) is 0 Å². The van der Waals surface area contributed by atoms with Crippen molar-refractivity contribution in [2.75, 3.05) is 6.61 Å². The van der Waals surface area contributed by atoms with Gasteiger partial charge in [-0.2, -0.15) is 5.48 Å². The Bertz CT molecular complexity index is 272. The molecule has 0 unspecified atom stereocenters. The van der Waals surface area contributed by atoms with E-state index in [1.165, 1.54) is 103 Å². The summed E-state index contributed by atoms with van der Waals surface area (Å²) in [5, 5.41) is 8.33. The molecule has 0 fully saturated rings. The average Bonchev–Trinajstić information content (AvgIpc) is 2.60. The third-order valence-corrected chi connectivity index (χ3v) is 4.76. The van der Waals surface area contributed by atoms with Gasteiger partial charge < -0.3 is 5.11 Å². The van der Waals surface area contributed by atoms with Crippen LogP contribution in [0.2, 0.25) is 0 Å². The van der Waals surface area contributed by atoms with Gasteiger partial charge in [-0.15, -0.1) is 0 Å². The topological polar surface area (TPSA) is 58.6 Å². The summed E-state index contributed by atoms with van der Waals surface area (Å²) >= 11 is 0. The first-order valence-electron chi connectivity index (χ1n) is 10.9. The highest BCUT2D eigenvalue weighted by molar-refractivity contribution is 5.62. The van der Waals surface area contributed by atoms with E-state index in [4.69, 9.17) is 9.94 Å². The number of hydrogen-bond acceptors (Lipinski definition) is 2. The quantitative estimate of drug-likeness (QED) is 0.178. The van der Waals surface area contributed by atoms with E-state index in [0.717, 1.165) is 12.8 Å². The number of carbonyl (C=O) groups is 1. The Morgan fingerprint density at radius 3 is 1.28 bits per heavy atom. The number of hydroxylamine groups is 1. The van der Waals surface area contributed by atoms with Crippen LogP contribution < -0.4 is 5.48 Å². The molecule has 0 bridgehead atoms. The maximum atomic E-state index is 10.2. The van der Waals surface area contributed by atoms with Crippen LogP contribution in [0, 0.1) is 0 Å². The predicted octanol–water partition coefficient (Wildman–Crippen LogP) is 7.23. The molecule has 2 N–H and O–H groups in total. The third-order valence-electron chi connectivity index (χ3n) is 4.76. The third kappa shape index (κ3) is 23.2. The molecule has 0 spiro atoms. The van der Waals surface area contributed by atoms with Crippen LogP contribution in [0.5, 0.6) is 0 Å². The minimum atomic E-state index is -1.12. The van der Waals surface area contributed by atoms with Crippen molar-refractivity contribution in [2.45, 2.75) is 122 Å². The number of nitrogens with one attached hydrogen (secondary N) is 1. The van der Waals surface area contributed by atoms with Crippen molar-refractivity contribution in [1.29, 1.82) is 0 Å². The van der Waals surface area contributed by atoms with E-state index >= 15 is 0 Å². The summed E-state index contributed by atoms with van der Waals surface area (Å²) in [5.74, 6) is 0. The van der Waals surface area contributed by atoms with E-state index in [2.05, 4.69) is 6.92 Å². The molecule has 0 atom stereocenters. The number of amides is 1. The zero-order valence-corrected chi connectivity index (χ0v) is 16.7. The molecule has 0 rings (SSSR count). The van der Waals surface area contributed by atoms with Crippen LogP contribution in [-0.4, -0.2) is 17.8 Å². The summed E-state index contributed by atoms with van der Waals surface area (Å²) in [6.07, 6.45) is 23.2. The van der Waals surface area contributed by atoms with Crippen molar-refractivity contribution in [3.05, 3.63) is 0 Å². The van der Waals surface area contributed by atoms with Gasteiger partial charge >= 0.3 is 6.09 Å². The van der Waals surface area contributed by atoms with Gasteiger partial charge in [-0.05, 0) is 6.42 Å². The fourth-order valence-electron chi connectivity index (χ4n) is 3.19. The van der Waals surface area contributed by atoms with Gasteiger partial charge in [-0.1, -0.05) is 116 Å². The van der Waals surface area contributed by atoms with Gasteiger partial charge in [0.05, 0.1) is 6.61 Å². The Balaban J connectivity index is 2.97. The second-order valence-electron chi connectivity index (χ2n) is 7.27. The number of hydrogen-bond donors (Lipinski definition) is 2. The minimum Gasteiger partial charge on any atom is -0.464 e. The van der Waals surface area contributed by atoms with Crippen molar-refractivity contribution >= 4 is 6.09 Å². The summed E-state index contributed by atoms with van der Waals surface area (Å²) in [7, 11) is 0. The summed E-state index contributed by atoms with van der Waals surface area (Å²) in [4.78, 5) is 14.9. The molecule has 0 saturated heterocycles. The number of unbranched alkanes of at least 4 members (excludes halogenated alkanes) is 17. The Hall–Kier alpha value is -0.770. The van der Waals surface area contributed by atoms with Crippen LogP contribution in [0.4, 0.5) is 4.79 Å². The average molecular weight is 358 g/mol. The van der Waals surface area contributed by atoms with Gasteiger partial charge in [0.2, 0.25) is 0 Å². The lowest BCUT2D eigenvalue weighted by Crippen LogP contribution is -2.21. The molecule has 25 heavy (non-hydrogen) atoms. The summed E-state index contributed by atoms with van der Waals surface area (Å²) < 4.78 is 0. The lowest BCUT2D eigenvalue weighted by molar-refractivity contribution is 0.0401. The zero-order chi connectivity index (χ0) is 18.4. The highest BCUT2D eigenvalue weighted by Gasteiger charge is 1.96. The first-order valence-corrected chi connectivity index (χ1v) is 10.9. The molecule has 1 amide bonds. The van der Waals surface area contributed by atoms with Crippen molar-refractivity contribution < 1.29 is 14.7 Å². The van der Waals surface area contributed by atoms with Crippen LogP contribution >= 0.6 is 0 Å². The zero-order valence-electron chi connectivity index (χ0n) is 16.7. The first kappa shape index (κ1) is 24.2. The lowest BCUT2D eigenvalue weighted by Gasteiger charge is -2.04. The van der Waals surface area contributed by atoms with Gasteiger partial charge in [0, 0.05) is 0 Å². The van der Waals surface area contributed by atoms with Crippen LogP contribution in [0.25, 0.3) is 0 Å². The molecule has 150 valence electrons. The maximum absolute atomic E-state index is 10.2. The second kappa shape index (κ2) is 21.3. The minimum absolute atomic E-state index is 0.477. The highest BCUT2D eigenvalue weighted by Crippen LogP contribution is 2.14. The van der Waals surface area contributed by atoms with Crippen LogP contribution in [0.1, 0.15) is 122 Å². The van der Waals surface area contributed by atoms with Crippen molar-refractivity contribution in [1.82, 2.24) is 5.48 Å². The van der Waals surface area contributed by atoms with Gasteiger partial charge in [0.15, 0.2) is 0 Å². The highest BCUT2D eigenvalue weighted by atomic mass is 16.7. The van der Waals surface area contributed by atoms with E-state index < -0.39 is 6.09 Å². The monoisotopic (exact) mass is 357 g/mol. The predicted molar refractivity (Wildman–Crippen MR) is 106 cm³/mol. The molecule has 0 aliphatic rings. The summed E-state index contributed by atoms with van der Waals surface area (Å²) in [6.45, 7) is 2.76. The van der Waals surface area contributed by atoms with E-state index in [0.29, 0.717) is 6.61 Å². The Labute approximate surface area is 156 Å². The molecule has 0 radical (unpaired) electrons. The lowest BCUT2D eigenvalue weighted by atomic mass is 10.0. The molecule has 0 aromatic carbocycles. The van der Waals surface area contributed by atoms with Crippen molar-refractivity contribution in [2.24, 2.45) is 0 Å². The van der Waals surface area contributed by atoms with E-state index in [9.17, 15) is 4.79 Å². The smallest absolute Gasteiger partial charge is 0.428 e. The maximum Gasteiger partial charge on any atom is 0.428 e. The van der Waals surface area contributed by atoms with Gasteiger partial charge in [0.1, 0.15) is 0 Å². The van der Waals surface area contributed by atoms with Crippen molar-refractivity contribution in [3.63, 3.8) is 0 Å². The van der Waals surface area contributed by atoms with Crippen molar-refractivity contribution in [3.8, 4) is 0 Å². The molecule has 0 aliphatic heterocycles. The SMILES string of the molecule is CCCCCCCCCCCCCCCCCCCCONC(=O)O. The molecule has 4 nitrogen and oxygen atoms in total. The molecule has 0 aromatic rings. The molecule has 0 aliphatic carbocycles. The Morgan fingerprint density at radius 2 is 0.960 bits per heavy atom. The molecular formula is C21H43NO3. The summed E-state index contributed by atoms with van der Waals surface area (Å²) in [5.41, 5.74) is 1.92. The van der Waals surface area contributed by atoms with Gasteiger partial charge in [-0.3, -0.25) is 4.84 Å². The standard InChI is InChI=1S/C21H43NO3/c1-2-3-4-5-6-7-8-9-10-11-12-13-14-15-16-17-18-19-20-25-22-21(23)24/h22H,2-20H2,1H3,(H,23,24). The fourth-order valence-corrected chi connectivity index (χ4v) is 3.19. The Morgan fingerprint density at radius 1 is 0.640 bits per heavy atom. The van der Waals surface area contributed by atoms with E-state index in [1.54, 1.807) is 0 Å². The largest absolute Gasteiger partial charge is 0.464 e. The molecule has 4 heteroatoms. The molecule has 0 saturated carbocycles. The van der Waals surface area contributed by atoms with E-state index in [1.807, 2.05) is 5.48 Å². The second-order valence-corrected chi connectivity index (χ2v) is 7.27. The van der Waals surface area contributed by atoms with Gasteiger partial charge in [0.25, 0.3) is 0 Å². The molecular weight excluding hydrogens is 314 g/mol. The van der Waals surface area contributed by atoms with Crippen LogP contribution in [-0.2, 0) is 4.84 Å². The van der Waals surface area contributed by atoms with Gasteiger partial charge in [-0.25, -0.2) is 4.79 Å². The Kier molecular flexibility index (Phi) is 20.6. The van der Waals surface area contributed by atoms with E-state index in [-0.39, 0.29) is 0 Å². The molecule has 0 aromatic heterocycles. The number of carboxylic acid groups (broad SMARTS) is 1. The summed E-state index contributed by atoms with van der Waals surface area (Å²) in [6, 6.07) is 0. The first-order chi connectivity index (χ1) is 12.3.